The number of rotatable bonds is 4. The molecule has 0 aliphatic heterocycles. The lowest BCUT2D eigenvalue weighted by Crippen LogP contribution is -2.32. The Morgan fingerprint density at radius 1 is 1.14 bits per heavy atom. The third kappa shape index (κ3) is 4.19. The van der Waals surface area contributed by atoms with Crippen LogP contribution < -0.4 is 10.6 Å². The quantitative estimate of drug-likeness (QED) is 0.768. The van der Waals surface area contributed by atoms with E-state index in [0.717, 1.165) is 12.1 Å². The fourth-order valence-corrected chi connectivity index (χ4v) is 2.69. The maximum atomic E-state index is 6.13. The monoisotopic (exact) mass is 318 g/mol. The fraction of sp³-hybridized carbons (Fsp3) is 0.235. The van der Waals surface area contributed by atoms with Gasteiger partial charge in [0.2, 0.25) is 0 Å². The third-order valence-corrected chi connectivity index (χ3v) is 3.95. The highest BCUT2D eigenvalue weighted by molar-refractivity contribution is 7.80. The Labute approximate surface area is 136 Å². The van der Waals surface area contributed by atoms with Gasteiger partial charge in [-0.2, -0.15) is 0 Å². The maximum absolute atomic E-state index is 6.13. The second-order valence-electron chi connectivity index (χ2n) is 4.90. The molecule has 2 nitrogen and oxygen atoms in total. The number of hydrogen-bond acceptors (Lipinski definition) is 1. The van der Waals surface area contributed by atoms with Crippen LogP contribution in [0.5, 0.6) is 0 Å². The number of thiocarbonyl (C=S) groups is 1. The molecule has 0 aliphatic rings. The van der Waals surface area contributed by atoms with Crippen molar-refractivity contribution in [1.82, 2.24) is 5.32 Å². The predicted molar refractivity (Wildman–Crippen MR) is 95.0 cm³/mol. The molecule has 0 fully saturated rings. The van der Waals surface area contributed by atoms with Gasteiger partial charge in [-0.3, -0.25) is 0 Å². The van der Waals surface area contributed by atoms with Crippen LogP contribution in [-0.2, 0) is 0 Å². The van der Waals surface area contributed by atoms with Crippen LogP contribution in [0.25, 0.3) is 0 Å². The SMILES string of the molecule is CC[C@H](NC(=S)Nc1ccccc1Cl)c1ccccc1C. The number of halogens is 1. The minimum Gasteiger partial charge on any atom is -0.356 e. The number of aryl methyl sites for hydroxylation is 1. The van der Waals surface area contributed by atoms with Gasteiger partial charge < -0.3 is 10.6 Å². The van der Waals surface area contributed by atoms with E-state index in [9.17, 15) is 0 Å². The molecule has 0 radical (unpaired) electrons. The zero-order chi connectivity index (χ0) is 15.2. The van der Waals surface area contributed by atoms with Gasteiger partial charge in [0.15, 0.2) is 5.11 Å². The number of benzene rings is 2. The van der Waals surface area contributed by atoms with Crippen molar-refractivity contribution in [2.45, 2.75) is 26.3 Å². The Bertz CT molecular complexity index is 628. The summed E-state index contributed by atoms with van der Waals surface area (Å²) >= 11 is 11.5. The number of hydrogen-bond donors (Lipinski definition) is 2. The van der Waals surface area contributed by atoms with Crippen molar-refractivity contribution in [2.24, 2.45) is 0 Å². The molecule has 0 spiro atoms. The van der Waals surface area contributed by atoms with Crippen LogP contribution in [0, 0.1) is 6.92 Å². The molecule has 0 unspecified atom stereocenters. The molecule has 110 valence electrons. The van der Waals surface area contributed by atoms with Gasteiger partial charge in [-0.15, -0.1) is 0 Å². The van der Waals surface area contributed by atoms with Gasteiger partial charge in [0.05, 0.1) is 16.8 Å². The fourth-order valence-electron chi connectivity index (χ4n) is 2.26. The van der Waals surface area contributed by atoms with E-state index in [1.807, 2.05) is 30.3 Å². The van der Waals surface area contributed by atoms with E-state index in [1.54, 1.807) is 0 Å². The lowest BCUT2D eigenvalue weighted by molar-refractivity contribution is 0.625. The van der Waals surface area contributed by atoms with E-state index in [0.29, 0.717) is 10.1 Å². The van der Waals surface area contributed by atoms with Crippen molar-refractivity contribution in [1.29, 1.82) is 0 Å². The Kier molecular flexibility index (Phi) is 5.59. The van der Waals surface area contributed by atoms with Crippen molar-refractivity contribution < 1.29 is 0 Å². The van der Waals surface area contributed by atoms with Crippen LogP contribution in [0.15, 0.2) is 48.5 Å². The van der Waals surface area contributed by atoms with E-state index in [2.05, 4.69) is 42.7 Å². The van der Waals surface area contributed by atoms with Gasteiger partial charge in [0, 0.05) is 0 Å². The molecule has 2 aromatic carbocycles. The molecule has 0 amide bonds. The number of nitrogens with one attached hydrogen (secondary N) is 2. The zero-order valence-electron chi connectivity index (χ0n) is 12.2. The highest BCUT2D eigenvalue weighted by Crippen LogP contribution is 2.22. The summed E-state index contributed by atoms with van der Waals surface area (Å²) in [6.45, 7) is 4.26. The summed E-state index contributed by atoms with van der Waals surface area (Å²) in [4.78, 5) is 0. The largest absolute Gasteiger partial charge is 0.356 e. The molecule has 21 heavy (non-hydrogen) atoms. The Hall–Kier alpha value is -1.58. The summed E-state index contributed by atoms with van der Waals surface area (Å²) in [7, 11) is 0. The topological polar surface area (TPSA) is 24.1 Å². The Morgan fingerprint density at radius 3 is 2.48 bits per heavy atom. The average molecular weight is 319 g/mol. The maximum Gasteiger partial charge on any atom is 0.171 e. The molecule has 4 heteroatoms. The van der Waals surface area contributed by atoms with E-state index in [-0.39, 0.29) is 6.04 Å². The van der Waals surface area contributed by atoms with Gasteiger partial charge in [-0.25, -0.2) is 0 Å². The van der Waals surface area contributed by atoms with E-state index >= 15 is 0 Å². The van der Waals surface area contributed by atoms with Crippen LogP contribution in [0.2, 0.25) is 5.02 Å². The first-order valence-electron chi connectivity index (χ1n) is 6.99. The van der Waals surface area contributed by atoms with Crippen molar-refractivity contribution in [2.75, 3.05) is 5.32 Å². The molecule has 2 N–H and O–H groups in total. The first-order chi connectivity index (χ1) is 10.1. The Balaban J connectivity index is 2.07. The molecule has 1 atom stereocenters. The Morgan fingerprint density at radius 2 is 1.81 bits per heavy atom. The van der Waals surface area contributed by atoms with Crippen molar-refractivity contribution in [3.63, 3.8) is 0 Å². The first kappa shape index (κ1) is 15.8. The minimum absolute atomic E-state index is 0.189. The van der Waals surface area contributed by atoms with E-state index in [1.165, 1.54) is 11.1 Å². The molecule has 0 saturated carbocycles. The standard InChI is InChI=1S/C17H19ClN2S/c1-3-15(13-9-5-4-8-12(13)2)19-17(21)20-16-11-7-6-10-14(16)18/h4-11,15H,3H2,1-2H3,(H2,19,20,21)/t15-/m0/s1. The molecule has 0 aromatic heterocycles. The van der Waals surface area contributed by atoms with E-state index in [4.69, 9.17) is 23.8 Å². The smallest absolute Gasteiger partial charge is 0.171 e. The predicted octanol–water partition coefficient (Wildman–Crippen LogP) is 5.09. The summed E-state index contributed by atoms with van der Waals surface area (Å²) in [5.74, 6) is 0. The summed E-state index contributed by atoms with van der Waals surface area (Å²) in [6.07, 6.45) is 0.954. The van der Waals surface area contributed by atoms with Gasteiger partial charge in [0.1, 0.15) is 0 Å². The van der Waals surface area contributed by atoms with Gasteiger partial charge >= 0.3 is 0 Å². The summed E-state index contributed by atoms with van der Waals surface area (Å²) in [5.41, 5.74) is 3.34. The van der Waals surface area contributed by atoms with Crippen LogP contribution in [0.3, 0.4) is 0 Å². The molecule has 2 aromatic rings. The highest BCUT2D eigenvalue weighted by atomic mass is 35.5. The van der Waals surface area contributed by atoms with Crippen molar-refractivity contribution >= 4 is 34.6 Å². The van der Waals surface area contributed by atoms with Crippen LogP contribution in [0.1, 0.15) is 30.5 Å². The van der Waals surface area contributed by atoms with Crippen LogP contribution in [0.4, 0.5) is 5.69 Å². The average Bonchev–Trinajstić information content (AvgIpc) is 2.48. The molecule has 2 rings (SSSR count). The summed E-state index contributed by atoms with van der Waals surface area (Å²) in [5, 5.41) is 7.75. The molecule has 0 aliphatic carbocycles. The molecule has 0 bridgehead atoms. The zero-order valence-corrected chi connectivity index (χ0v) is 13.8. The summed E-state index contributed by atoms with van der Waals surface area (Å²) < 4.78 is 0. The molecular formula is C17H19ClN2S. The molecular weight excluding hydrogens is 300 g/mol. The first-order valence-corrected chi connectivity index (χ1v) is 7.78. The number of anilines is 1. The van der Waals surface area contributed by atoms with Crippen LogP contribution in [-0.4, -0.2) is 5.11 Å². The van der Waals surface area contributed by atoms with Crippen molar-refractivity contribution in [3.05, 3.63) is 64.7 Å². The minimum atomic E-state index is 0.189. The summed E-state index contributed by atoms with van der Waals surface area (Å²) in [6, 6.07) is 16.1. The van der Waals surface area contributed by atoms with Crippen molar-refractivity contribution in [3.8, 4) is 0 Å². The van der Waals surface area contributed by atoms with Crippen LogP contribution >= 0.6 is 23.8 Å². The van der Waals surface area contributed by atoms with Gasteiger partial charge in [-0.05, 0) is 48.8 Å². The lowest BCUT2D eigenvalue weighted by atomic mass is 10.00. The second kappa shape index (κ2) is 7.43. The highest BCUT2D eigenvalue weighted by Gasteiger charge is 2.13. The van der Waals surface area contributed by atoms with E-state index < -0.39 is 0 Å². The van der Waals surface area contributed by atoms with Gasteiger partial charge in [0.25, 0.3) is 0 Å². The molecule has 0 saturated heterocycles. The lowest BCUT2D eigenvalue weighted by Gasteiger charge is -2.22. The second-order valence-corrected chi connectivity index (χ2v) is 5.71. The van der Waals surface area contributed by atoms with Gasteiger partial charge in [-0.1, -0.05) is 54.9 Å². The molecule has 0 heterocycles. The normalized spacial score (nSPS) is 11.8. The number of para-hydroxylation sites is 1. The third-order valence-electron chi connectivity index (χ3n) is 3.40.